The van der Waals surface area contributed by atoms with Crippen molar-refractivity contribution in [2.24, 2.45) is 10.4 Å². The molecule has 4 nitrogen and oxygen atoms in total. The van der Waals surface area contributed by atoms with Crippen LogP contribution in [0.2, 0.25) is 0 Å². The van der Waals surface area contributed by atoms with Crippen LogP contribution in [-0.4, -0.2) is 26.1 Å². The molecule has 1 aromatic heterocycles. The highest BCUT2D eigenvalue weighted by Crippen LogP contribution is 2.19. The molecule has 0 saturated heterocycles. The highest BCUT2D eigenvalue weighted by molar-refractivity contribution is 5.79. The van der Waals surface area contributed by atoms with Crippen LogP contribution >= 0.6 is 0 Å². The lowest BCUT2D eigenvalue weighted by atomic mass is 9.91. The van der Waals surface area contributed by atoms with E-state index >= 15 is 0 Å². The van der Waals surface area contributed by atoms with Crippen LogP contribution in [0.1, 0.15) is 39.4 Å². The van der Waals surface area contributed by atoms with E-state index < -0.39 is 0 Å². The van der Waals surface area contributed by atoms with E-state index in [1.165, 1.54) is 6.42 Å². The Bertz CT molecular complexity index is 363. The molecule has 0 aromatic carbocycles. The second-order valence-electron chi connectivity index (χ2n) is 5.92. The third-order valence-corrected chi connectivity index (χ3v) is 2.86. The monoisotopic (exact) mass is 265 g/mol. The zero-order chi connectivity index (χ0) is 14.1. The minimum absolute atomic E-state index is 0.401. The van der Waals surface area contributed by atoms with Crippen LogP contribution in [0.25, 0.3) is 0 Å². The van der Waals surface area contributed by atoms with Crippen LogP contribution in [-0.2, 0) is 6.42 Å². The number of guanidine groups is 1. The number of nitrogens with one attached hydrogen (secondary N) is 2. The summed E-state index contributed by atoms with van der Waals surface area (Å²) in [4.78, 5) is 4.20. The average Bonchev–Trinajstić information content (AvgIpc) is 2.84. The average molecular weight is 265 g/mol. The van der Waals surface area contributed by atoms with Crippen molar-refractivity contribution in [3.05, 3.63) is 24.2 Å². The molecule has 0 aliphatic carbocycles. The Morgan fingerprint density at radius 2 is 2.00 bits per heavy atom. The fraction of sp³-hybridized carbons (Fsp3) is 0.667. The first-order valence-corrected chi connectivity index (χ1v) is 6.98. The molecular formula is C15H27N3O. The number of hydrogen-bond donors (Lipinski definition) is 2. The van der Waals surface area contributed by atoms with Crippen LogP contribution in [0.3, 0.4) is 0 Å². The number of nitrogens with zero attached hydrogens (tertiary/aromatic N) is 1. The standard InChI is InChI=1S/C15H27N3O/c1-15(2,3)9-6-10-17-14(16-4)18-11-8-13-7-5-12-19-13/h5,7,12H,6,8-11H2,1-4H3,(H2,16,17,18). The van der Waals surface area contributed by atoms with Crippen molar-refractivity contribution >= 4 is 5.96 Å². The molecular weight excluding hydrogens is 238 g/mol. The van der Waals surface area contributed by atoms with E-state index in [4.69, 9.17) is 4.42 Å². The summed E-state index contributed by atoms with van der Waals surface area (Å²) < 4.78 is 5.28. The predicted molar refractivity (Wildman–Crippen MR) is 80.5 cm³/mol. The van der Waals surface area contributed by atoms with E-state index in [9.17, 15) is 0 Å². The third-order valence-electron chi connectivity index (χ3n) is 2.86. The molecule has 0 saturated carbocycles. The topological polar surface area (TPSA) is 49.6 Å². The van der Waals surface area contributed by atoms with Gasteiger partial charge in [-0.25, -0.2) is 0 Å². The van der Waals surface area contributed by atoms with E-state index in [0.29, 0.717) is 5.41 Å². The summed E-state index contributed by atoms with van der Waals surface area (Å²) in [5.41, 5.74) is 0.401. The fourth-order valence-corrected chi connectivity index (χ4v) is 1.81. The summed E-state index contributed by atoms with van der Waals surface area (Å²) in [5, 5.41) is 6.61. The Balaban J connectivity index is 2.13. The van der Waals surface area contributed by atoms with Gasteiger partial charge in [0.1, 0.15) is 5.76 Å². The smallest absolute Gasteiger partial charge is 0.190 e. The van der Waals surface area contributed by atoms with Gasteiger partial charge in [-0.1, -0.05) is 20.8 Å². The minimum atomic E-state index is 0.401. The summed E-state index contributed by atoms with van der Waals surface area (Å²) in [6.07, 6.45) is 4.94. The van der Waals surface area contributed by atoms with Crippen molar-refractivity contribution in [3.8, 4) is 0 Å². The van der Waals surface area contributed by atoms with Gasteiger partial charge >= 0.3 is 0 Å². The molecule has 0 unspecified atom stereocenters. The molecule has 0 atom stereocenters. The van der Waals surface area contributed by atoms with Gasteiger partial charge in [0.05, 0.1) is 6.26 Å². The largest absolute Gasteiger partial charge is 0.469 e. The van der Waals surface area contributed by atoms with Crippen LogP contribution in [0.15, 0.2) is 27.8 Å². The van der Waals surface area contributed by atoms with E-state index in [1.807, 2.05) is 12.1 Å². The summed E-state index contributed by atoms with van der Waals surface area (Å²) in [6.45, 7) is 8.58. The fourth-order valence-electron chi connectivity index (χ4n) is 1.81. The first kappa shape index (κ1) is 15.6. The van der Waals surface area contributed by atoms with Gasteiger partial charge < -0.3 is 15.1 Å². The minimum Gasteiger partial charge on any atom is -0.469 e. The van der Waals surface area contributed by atoms with Crippen LogP contribution in [0.4, 0.5) is 0 Å². The highest BCUT2D eigenvalue weighted by Gasteiger charge is 2.09. The summed E-state index contributed by atoms with van der Waals surface area (Å²) in [7, 11) is 1.80. The molecule has 4 heteroatoms. The quantitative estimate of drug-likeness (QED) is 0.472. The lowest BCUT2D eigenvalue weighted by Gasteiger charge is -2.18. The zero-order valence-corrected chi connectivity index (χ0v) is 12.6. The molecule has 0 aliphatic rings. The highest BCUT2D eigenvalue weighted by atomic mass is 16.3. The second kappa shape index (κ2) is 7.87. The predicted octanol–water partition coefficient (Wildman–Crippen LogP) is 2.81. The van der Waals surface area contributed by atoms with Crippen molar-refractivity contribution in [1.29, 1.82) is 0 Å². The molecule has 108 valence electrons. The van der Waals surface area contributed by atoms with Crippen LogP contribution in [0.5, 0.6) is 0 Å². The van der Waals surface area contributed by atoms with Crippen LogP contribution in [0, 0.1) is 5.41 Å². The summed E-state index contributed by atoms with van der Waals surface area (Å²) >= 11 is 0. The second-order valence-corrected chi connectivity index (χ2v) is 5.92. The van der Waals surface area contributed by atoms with Gasteiger partial charge in [0.25, 0.3) is 0 Å². The lowest BCUT2D eigenvalue weighted by Crippen LogP contribution is -2.38. The van der Waals surface area contributed by atoms with E-state index in [1.54, 1.807) is 13.3 Å². The van der Waals surface area contributed by atoms with Gasteiger partial charge in [0.2, 0.25) is 0 Å². The van der Waals surface area contributed by atoms with Crippen molar-refractivity contribution in [1.82, 2.24) is 10.6 Å². The Labute approximate surface area is 116 Å². The first-order valence-electron chi connectivity index (χ1n) is 6.98. The molecule has 1 aromatic rings. The van der Waals surface area contributed by atoms with E-state index in [0.717, 1.165) is 37.7 Å². The third kappa shape index (κ3) is 7.54. The maximum Gasteiger partial charge on any atom is 0.190 e. The molecule has 0 bridgehead atoms. The molecule has 0 radical (unpaired) electrons. The van der Waals surface area contributed by atoms with E-state index in [-0.39, 0.29) is 0 Å². The number of aliphatic imine (C=N–C) groups is 1. The van der Waals surface area contributed by atoms with Gasteiger partial charge in [-0.05, 0) is 30.4 Å². The lowest BCUT2D eigenvalue weighted by molar-refractivity contribution is 0.365. The van der Waals surface area contributed by atoms with Crippen molar-refractivity contribution in [3.63, 3.8) is 0 Å². The molecule has 19 heavy (non-hydrogen) atoms. The van der Waals surface area contributed by atoms with Gasteiger partial charge in [-0.15, -0.1) is 0 Å². The Kier molecular flexibility index (Phi) is 6.46. The molecule has 0 amide bonds. The molecule has 2 N–H and O–H groups in total. The molecule has 0 spiro atoms. The van der Waals surface area contributed by atoms with Crippen molar-refractivity contribution in [2.75, 3.05) is 20.1 Å². The summed E-state index contributed by atoms with van der Waals surface area (Å²) in [5.74, 6) is 1.86. The molecule has 1 heterocycles. The number of hydrogen-bond acceptors (Lipinski definition) is 2. The Morgan fingerprint density at radius 1 is 1.26 bits per heavy atom. The van der Waals surface area contributed by atoms with Gasteiger partial charge in [-0.3, -0.25) is 4.99 Å². The molecule has 0 aliphatic heterocycles. The van der Waals surface area contributed by atoms with Gasteiger partial charge in [0, 0.05) is 26.6 Å². The SMILES string of the molecule is CN=C(NCCCC(C)(C)C)NCCc1ccco1. The maximum absolute atomic E-state index is 5.28. The van der Waals surface area contributed by atoms with E-state index in [2.05, 4.69) is 36.4 Å². The zero-order valence-electron chi connectivity index (χ0n) is 12.6. The Hall–Kier alpha value is -1.45. The summed E-state index contributed by atoms with van der Waals surface area (Å²) in [6, 6.07) is 3.90. The number of rotatable bonds is 6. The van der Waals surface area contributed by atoms with Gasteiger partial charge in [-0.2, -0.15) is 0 Å². The first-order chi connectivity index (χ1) is 9.01. The molecule has 0 fully saturated rings. The number of furan rings is 1. The molecule has 1 rings (SSSR count). The van der Waals surface area contributed by atoms with Gasteiger partial charge in [0.15, 0.2) is 5.96 Å². The van der Waals surface area contributed by atoms with Crippen molar-refractivity contribution < 1.29 is 4.42 Å². The van der Waals surface area contributed by atoms with Crippen molar-refractivity contribution in [2.45, 2.75) is 40.0 Å². The van der Waals surface area contributed by atoms with Crippen LogP contribution < -0.4 is 10.6 Å². The Morgan fingerprint density at radius 3 is 2.58 bits per heavy atom. The maximum atomic E-state index is 5.28. The normalized spacial score (nSPS) is 12.5.